The molecule has 22 heavy (non-hydrogen) atoms. The van der Waals surface area contributed by atoms with Crippen LogP contribution in [0.3, 0.4) is 0 Å². The summed E-state index contributed by atoms with van der Waals surface area (Å²) in [6, 6.07) is 7.75. The highest BCUT2D eigenvalue weighted by Crippen LogP contribution is 2.16. The summed E-state index contributed by atoms with van der Waals surface area (Å²) in [4.78, 5) is 18.6. The topological polar surface area (TPSA) is 32.7 Å². The molecule has 3 nitrogen and oxygen atoms in total. The van der Waals surface area contributed by atoms with Crippen LogP contribution in [-0.4, -0.2) is 36.7 Å². The summed E-state index contributed by atoms with van der Waals surface area (Å²) in [5.41, 5.74) is 3.42. The summed E-state index contributed by atoms with van der Waals surface area (Å²) in [6.07, 6.45) is 10.6. The molecule has 1 heterocycles. The van der Waals surface area contributed by atoms with Crippen molar-refractivity contribution in [1.82, 2.24) is 4.90 Å². The fraction of sp³-hybridized carbons (Fsp3) is 0.368. The van der Waals surface area contributed by atoms with Crippen LogP contribution in [0.1, 0.15) is 37.3 Å². The van der Waals surface area contributed by atoms with Crippen molar-refractivity contribution in [3.05, 3.63) is 41.5 Å². The molecular formula is C19H22N2O. The van der Waals surface area contributed by atoms with Crippen molar-refractivity contribution >= 4 is 17.2 Å². The molecule has 1 aromatic carbocycles. The molecule has 0 unspecified atom stereocenters. The molecule has 114 valence electrons. The normalized spacial score (nSPS) is 16.3. The molecular weight excluding hydrogens is 272 g/mol. The quantitative estimate of drug-likeness (QED) is 0.622. The van der Waals surface area contributed by atoms with Crippen molar-refractivity contribution in [2.75, 3.05) is 20.1 Å². The third-order valence-corrected chi connectivity index (χ3v) is 3.96. The van der Waals surface area contributed by atoms with E-state index in [0.717, 1.165) is 42.6 Å². The van der Waals surface area contributed by atoms with E-state index < -0.39 is 0 Å². The van der Waals surface area contributed by atoms with E-state index >= 15 is 0 Å². The lowest BCUT2D eigenvalue weighted by Crippen LogP contribution is -2.39. The van der Waals surface area contributed by atoms with Gasteiger partial charge in [0.15, 0.2) is 0 Å². The van der Waals surface area contributed by atoms with Gasteiger partial charge in [0.1, 0.15) is 5.71 Å². The SMILES string of the molecule is C#Cc1ccc(/C(C)=C/C(=N\C)C(=O)N2CCCCC2)cc1. The van der Waals surface area contributed by atoms with Gasteiger partial charge in [0.25, 0.3) is 5.91 Å². The molecule has 1 aromatic rings. The Kier molecular flexibility index (Phi) is 5.55. The van der Waals surface area contributed by atoms with Crippen LogP contribution in [0.2, 0.25) is 0 Å². The van der Waals surface area contributed by atoms with E-state index in [1.807, 2.05) is 42.2 Å². The maximum atomic E-state index is 12.5. The lowest BCUT2D eigenvalue weighted by atomic mass is 10.0. The zero-order valence-electron chi connectivity index (χ0n) is 13.3. The molecule has 1 fully saturated rings. The Morgan fingerprint density at radius 1 is 1.23 bits per heavy atom. The van der Waals surface area contributed by atoms with Crippen LogP contribution in [-0.2, 0) is 4.79 Å². The summed E-state index contributed by atoms with van der Waals surface area (Å²) in [6.45, 7) is 3.66. The summed E-state index contributed by atoms with van der Waals surface area (Å²) in [7, 11) is 1.67. The van der Waals surface area contributed by atoms with Crippen molar-refractivity contribution in [1.29, 1.82) is 0 Å². The van der Waals surface area contributed by atoms with Gasteiger partial charge >= 0.3 is 0 Å². The van der Waals surface area contributed by atoms with Gasteiger partial charge in [0, 0.05) is 25.7 Å². The van der Waals surface area contributed by atoms with Crippen molar-refractivity contribution in [3.63, 3.8) is 0 Å². The zero-order chi connectivity index (χ0) is 15.9. The highest BCUT2D eigenvalue weighted by molar-refractivity contribution is 6.44. The summed E-state index contributed by atoms with van der Waals surface area (Å²) < 4.78 is 0. The second-order valence-electron chi connectivity index (χ2n) is 5.51. The van der Waals surface area contributed by atoms with Crippen LogP contribution >= 0.6 is 0 Å². The molecule has 0 aliphatic carbocycles. The Hall–Kier alpha value is -2.34. The van der Waals surface area contributed by atoms with Crippen molar-refractivity contribution in [2.24, 2.45) is 4.99 Å². The van der Waals surface area contributed by atoms with E-state index in [1.54, 1.807) is 7.05 Å². The first-order chi connectivity index (χ1) is 10.7. The number of carbonyl (C=O) groups is 1. The van der Waals surface area contributed by atoms with E-state index in [-0.39, 0.29) is 5.91 Å². The number of likely N-dealkylation sites (tertiary alicyclic amines) is 1. The predicted octanol–water partition coefficient (Wildman–Crippen LogP) is 3.15. The Balaban J connectivity index is 2.16. The number of aliphatic imine (C=N–C) groups is 1. The molecule has 3 heteroatoms. The average Bonchev–Trinajstić information content (AvgIpc) is 2.59. The minimum atomic E-state index is 0.0294. The number of rotatable bonds is 3. The van der Waals surface area contributed by atoms with E-state index in [9.17, 15) is 4.79 Å². The molecule has 0 aromatic heterocycles. The fourth-order valence-corrected chi connectivity index (χ4v) is 2.60. The number of terminal acetylenes is 1. The molecule has 0 saturated carbocycles. The number of benzene rings is 1. The minimum absolute atomic E-state index is 0.0294. The van der Waals surface area contributed by atoms with Gasteiger partial charge in [0.05, 0.1) is 0 Å². The number of hydrogen-bond acceptors (Lipinski definition) is 2. The Morgan fingerprint density at radius 3 is 2.41 bits per heavy atom. The summed E-state index contributed by atoms with van der Waals surface area (Å²) in [5, 5.41) is 0. The Bertz CT molecular complexity index is 626. The monoisotopic (exact) mass is 294 g/mol. The second-order valence-corrected chi connectivity index (χ2v) is 5.51. The van der Waals surface area contributed by atoms with Crippen LogP contribution in [0, 0.1) is 12.3 Å². The lowest BCUT2D eigenvalue weighted by molar-refractivity contribution is -0.124. The zero-order valence-corrected chi connectivity index (χ0v) is 13.3. The van der Waals surface area contributed by atoms with Crippen LogP contribution in [0.4, 0.5) is 0 Å². The van der Waals surface area contributed by atoms with Gasteiger partial charge in [-0.2, -0.15) is 0 Å². The standard InChI is InChI=1S/C19H22N2O/c1-4-16-8-10-17(11-9-16)15(2)14-18(20-3)19(22)21-12-6-5-7-13-21/h1,8-11,14H,5-7,12-13H2,2-3H3/b15-14+,20-18+. The van der Waals surface area contributed by atoms with Crippen molar-refractivity contribution in [2.45, 2.75) is 26.2 Å². The van der Waals surface area contributed by atoms with Gasteiger partial charge in [-0.05, 0) is 55.5 Å². The average molecular weight is 294 g/mol. The van der Waals surface area contributed by atoms with Gasteiger partial charge in [-0.25, -0.2) is 0 Å². The van der Waals surface area contributed by atoms with Gasteiger partial charge in [-0.1, -0.05) is 18.1 Å². The van der Waals surface area contributed by atoms with Crippen LogP contribution in [0.5, 0.6) is 0 Å². The second kappa shape index (κ2) is 7.61. The highest BCUT2D eigenvalue weighted by atomic mass is 16.2. The van der Waals surface area contributed by atoms with E-state index in [2.05, 4.69) is 10.9 Å². The number of hydrogen-bond donors (Lipinski definition) is 0. The summed E-state index contributed by atoms with van der Waals surface area (Å²) in [5.74, 6) is 2.63. The smallest absolute Gasteiger partial charge is 0.271 e. The van der Waals surface area contributed by atoms with Crippen molar-refractivity contribution < 1.29 is 4.79 Å². The molecule has 1 amide bonds. The number of nitrogens with zero attached hydrogens (tertiary/aromatic N) is 2. The third kappa shape index (κ3) is 3.85. The molecule has 1 saturated heterocycles. The highest BCUT2D eigenvalue weighted by Gasteiger charge is 2.19. The number of allylic oxidation sites excluding steroid dienone is 1. The van der Waals surface area contributed by atoms with E-state index in [4.69, 9.17) is 6.42 Å². The molecule has 0 atom stereocenters. The minimum Gasteiger partial charge on any atom is -0.337 e. The fourth-order valence-electron chi connectivity index (χ4n) is 2.60. The van der Waals surface area contributed by atoms with Crippen LogP contribution in [0.25, 0.3) is 5.57 Å². The molecule has 0 radical (unpaired) electrons. The van der Waals surface area contributed by atoms with Gasteiger partial charge in [0.2, 0.25) is 0 Å². The first kappa shape index (κ1) is 16.0. The molecule has 1 aliphatic rings. The maximum Gasteiger partial charge on any atom is 0.271 e. The van der Waals surface area contributed by atoms with E-state index in [0.29, 0.717) is 5.71 Å². The van der Waals surface area contributed by atoms with Gasteiger partial charge < -0.3 is 4.90 Å². The molecule has 0 bridgehead atoms. The van der Waals surface area contributed by atoms with Crippen LogP contribution < -0.4 is 0 Å². The van der Waals surface area contributed by atoms with Crippen LogP contribution in [0.15, 0.2) is 35.3 Å². The third-order valence-electron chi connectivity index (χ3n) is 3.96. The van der Waals surface area contributed by atoms with Crippen molar-refractivity contribution in [3.8, 4) is 12.3 Å². The number of carbonyl (C=O) groups excluding carboxylic acids is 1. The predicted molar refractivity (Wildman–Crippen MR) is 91.8 cm³/mol. The molecule has 2 rings (SSSR count). The van der Waals surface area contributed by atoms with Gasteiger partial charge in [-0.15, -0.1) is 6.42 Å². The molecule has 0 spiro atoms. The Labute approximate surface area is 132 Å². The number of piperidine rings is 1. The first-order valence-corrected chi connectivity index (χ1v) is 7.67. The number of amides is 1. The molecule has 0 N–H and O–H groups in total. The lowest BCUT2D eigenvalue weighted by Gasteiger charge is -2.26. The summed E-state index contributed by atoms with van der Waals surface area (Å²) >= 11 is 0. The largest absolute Gasteiger partial charge is 0.337 e. The first-order valence-electron chi connectivity index (χ1n) is 7.67. The Morgan fingerprint density at radius 2 is 1.86 bits per heavy atom. The van der Waals surface area contributed by atoms with E-state index in [1.165, 1.54) is 6.42 Å². The molecule has 1 aliphatic heterocycles. The maximum absolute atomic E-state index is 12.5. The van der Waals surface area contributed by atoms with Gasteiger partial charge in [-0.3, -0.25) is 9.79 Å².